The van der Waals surface area contributed by atoms with Crippen molar-refractivity contribution in [3.63, 3.8) is 0 Å². The summed E-state index contributed by atoms with van der Waals surface area (Å²) in [4.78, 5) is 12.1. The van der Waals surface area contributed by atoms with Gasteiger partial charge in [-0.15, -0.1) is 0 Å². The van der Waals surface area contributed by atoms with Crippen molar-refractivity contribution in [1.82, 2.24) is 5.32 Å². The van der Waals surface area contributed by atoms with Crippen molar-refractivity contribution in [3.8, 4) is 0 Å². The molecule has 0 aliphatic rings. The maximum absolute atomic E-state index is 12.1. The van der Waals surface area contributed by atoms with E-state index in [1.807, 2.05) is 61.5 Å². The standard InChI is InChI=1S/C17H20N2O2/c1-13(14-8-4-3-5-9-14)18-17(20)19-16-11-7-6-10-15(16)12-21-2/h3-11,13H,12H2,1-2H3,(H2,18,19,20). The monoisotopic (exact) mass is 284 g/mol. The van der Waals surface area contributed by atoms with E-state index < -0.39 is 0 Å². The fraction of sp³-hybridized carbons (Fsp3) is 0.235. The number of hydrogen-bond acceptors (Lipinski definition) is 2. The predicted molar refractivity (Wildman–Crippen MR) is 84.2 cm³/mol. The first-order valence-corrected chi connectivity index (χ1v) is 6.90. The lowest BCUT2D eigenvalue weighted by molar-refractivity contribution is 0.185. The van der Waals surface area contributed by atoms with E-state index in [0.717, 1.165) is 16.8 Å². The Balaban J connectivity index is 1.99. The third kappa shape index (κ3) is 4.33. The van der Waals surface area contributed by atoms with E-state index in [0.29, 0.717) is 6.61 Å². The maximum atomic E-state index is 12.1. The topological polar surface area (TPSA) is 50.4 Å². The molecule has 0 saturated carbocycles. The van der Waals surface area contributed by atoms with E-state index in [-0.39, 0.29) is 12.1 Å². The van der Waals surface area contributed by atoms with Gasteiger partial charge >= 0.3 is 6.03 Å². The molecule has 2 aromatic rings. The number of methoxy groups -OCH3 is 1. The summed E-state index contributed by atoms with van der Waals surface area (Å²) in [5.74, 6) is 0. The average molecular weight is 284 g/mol. The summed E-state index contributed by atoms with van der Waals surface area (Å²) < 4.78 is 5.13. The molecule has 0 fully saturated rings. The largest absolute Gasteiger partial charge is 0.380 e. The van der Waals surface area contributed by atoms with E-state index in [1.165, 1.54) is 0 Å². The van der Waals surface area contributed by atoms with Crippen LogP contribution in [0.1, 0.15) is 24.1 Å². The number of hydrogen-bond donors (Lipinski definition) is 2. The van der Waals surface area contributed by atoms with Crippen molar-refractivity contribution in [2.75, 3.05) is 12.4 Å². The highest BCUT2D eigenvalue weighted by molar-refractivity contribution is 5.90. The van der Waals surface area contributed by atoms with Crippen molar-refractivity contribution in [2.24, 2.45) is 0 Å². The highest BCUT2D eigenvalue weighted by Crippen LogP contribution is 2.16. The zero-order chi connectivity index (χ0) is 15.1. The van der Waals surface area contributed by atoms with Gasteiger partial charge in [0.25, 0.3) is 0 Å². The SMILES string of the molecule is COCc1ccccc1NC(=O)NC(C)c1ccccc1. The van der Waals surface area contributed by atoms with E-state index in [4.69, 9.17) is 4.74 Å². The number of carbonyl (C=O) groups is 1. The fourth-order valence-electron chi connectivity index (χ4n) is 2.10. The Labute approximate surface area is 125 Å². The zero-order valence-corrected chi connectivity index (χ0v) is 12.3. The molecule has 2 amide bonds. The average Bonchev–Trinajstić information content (AvgIpc) is 2.50. The molecule has 2 N–H and O–H groups in total. The lowest BCUT2D eigenvalue weighted by Crippen LogP contribution is -2.31. The molecule has 110 valence electrons. The Morgan fingerprint density at radius 3 is 2.48 bits per heavy atom. The molecule has 4 heteroatoms. The molecule has 2 rings (SSSR count). The molecule has 0 spiro atoms. The van der Waals surface area contributed by atoms with Crippen molar-refractivity contribution in [1.29, 1.82) is 0 Å². The van der Waals surface area contributed by atoms with Gasteiger partial charge in [0.05, 0.1) is 12.6 Å². The normalized spacial score (nSPS) is 11.7. The van der Waals surface area contributed by atoms with E-state index in [2.05, 4.69) is 10.6 Å². The van der Waals surface area contributed by atoms with Gasteiger partial charge in [0, 0.05) is 18.4 Å². The summed E-state index contributed by atoms with van der Waals surface area (Å²) >= 11 is 0. The first-order valence-electron chi connectivity index (χ1n) is 6.90. The fourth-order valence-corrected chi connectivity index (χ4v) is 2.10. The Morgan fingerprint density at radius 2 is 1.76 bits per heavy atom. The second-order valence-electron chi connectivity index (χ2n) is 4.82. The number of anilines is 1. The molecule has 0 heterocycles. The molecular weight excluding hydrogens is 264 g/mol. The van der Waals surface area contributed by atoms with Crippen molar-refractivity contribution >= 4 is 11.7 Å². The van der Waals surface area contributed by atoms with Gasteiger partial charge in [0.2, 0.25) is 0 Å². The molecule has 2 aromatic carbocycles. The van der Waals surface area contributed by atoms with Gasteiger partial charge < -0.3 is 15.4 Å². The number of amides is 2. The molecule has 0 saturated heterocycles. The number of benzene rings is 2. The summed E-state index contributed by atoms with van der Waals surface area (Å²) in [6, 6.07) is 17.2. The summed E-state index contributed by atoms with van der Waals surface area (Å²) in [5, 5.41) is 5.79. The first kappa shape index (κ1) is 15.1. The minimum absolute atomic E-state index is 0.0548. The number of carbonyl (C=O) groups excluding carboxylic acids is 1. The summed E-state index contributed by atoms with van der Waals surface area (Å²) in [6.07, 6.45) is 0. The molecule has 0 aromatic heterocycles. The number of para-hydroxylation sites is 1. The third-order valence-electron chi connectivity index (χ3n) is 3.21. The van der Waals surface area contributed by atoms with E-state index in [9.17, 15) is 4.79 Å². The van der Waals surface area contributed by atoms with Crippen LogP contribution in [0.15, 0.2) is 54.6 Å². The number of nitrogens with one attached hydrogen (secondary N) is 2. The van der Waals surface area contributed by atoms with Gasteiger partial charge in [-0.05, 0) is 18.6 Å². The van der Waals surface area contributed by atoms with Crippen LogP contribution in [0.25, 0.3) is 0 Å². The van der Waals surface area contributed by atoms with Crippen LogP contribution in [-0.4, -0.2) is 13.1 Å². The van der Waals surface area contributed by atoms with Gasteiger partial charge in [-0.3, -0.25) is 0 Å². The Morgan fingerprint density at radius 1 is 1.10 bits per heavy atom. The van der Waals surface area contributed by atoms with Crippen LogP contribution in [-0.2, 0) is 11.3 Å². The second-order valence-corrected chi connectivity index (χ2v) is 4.82. The second kappa shape index (κ2) is 7.45. The minimum atomic E-state index is -0.227. The Hall–Kier alpha value is -2.33. The van der Waals surface area contributed by atoms with Crippen LogP contribution in [0.5, 0.6) is 0 Å². The van der Waals surface area contributed by atoms with Gasteiger partial charge in [-0.25, -0.2) is 4.79 Å². The molecule has 0 aliphatic heterocycles. The van der Waals surface area contributed by atoms with Gasteiger partial charge in [0.1, 0.15) is 0 Å². The number of ether oxygens (including phenoxy) is 1. The van der Waals surface area contributed by atoms with Gasteiger partial charge in [0.15, 0.2) is 0 Å². The molecule has 0 aliphatic carbocycles. The third-order valence-corrected chi connectivity index (χ3v) is 3.21. The van der Waals surface area contributed by atoms with Crippen LogP contribution in [0.2, 0.25) is 0 Å². The summed E-state index contributed by atoms with van der Waals surface area (Å²) in [7, 11) is 1.63. The number of urea groups is 1. The molecule has 0 bridgehead atoms. The molecule has 1 unspecified atom stereocenters. The van der Waals surface area contributed by atoms with Gasteiger partial charge in [-0.1, -0.05) is 48.5 Å². The quantitative estimate of drug-likeness (QED) is 0.879. The van der Waals surface area contributed by atoms with E-state index in [1.54, 1.807) is 7.11 Å². The molecule has 0 radical (unpaired) electrons. The highest BCUT2D eigenvalue weighted by Gasteiger charge is 2.10. The first-order chi connectivity index (χ1) is 10.2. The summed E-state index contributed by atoms with van der Waals surface area (Å²) in [5.41, 5.74) is 2.78. The lowest BCUT2D eigenvalue weighted by atomic mass is 10.1. The van der Waals surface area contributed by atoms with Crippen LogP contribution in [0.4, 0.5) is 10.5 Å². The molecular formula is C17H20N2O2. The van der Waals surface area contributed by atoms with E-state index >= 15 is 0 Å². The van der Waals surface area contributed by atoms with Crippen molar-refractivity contribution in [3.05, 3.63) is 65.7 Å². The predicted octanol–water partition coefficient (Wildman–Crippen LogP) is 3.72. The molecule has 21 heavy (non-hydrogen) atoms. The van der Waals surface area contributed by atoms with Crippen LogP contribution in [0, 0.1) is 0 Å². The maximum Gasteiger partial charge on any atom is 0.319 e. The summed E-state index contributed by atoms with van der Waals surface area (Å²) in [6.45, 7) is 2.42. The van der Waals surface area contributed by atoms with Gasteiger partial charge in [-0.2, -0.15) is 0 Å². The zero-order valence-electron chi connectivity index (χ0n) is 12.3. The van der Waals surface area contributed by atoms with Crippen molar-refractivity contribution < 1.29 is 9.53 Å². The molecule has 1 atom stereocenters. The Bertz CT molecular complexity index is 584. The highest BCUT2D eigenvalue weighted by atomic mass is 16.5. The van der Waals surface area contributed by atoms with Crippen LogP contribution in [0.3, 0.4) is 0 Å². The number of rotatable bonds is 5. The van der Waals surface area contributed by atoms with Crippen molar-refractivity contribution in [2.45, 2.75) is 19.6 Å². The van der Waals surface area contributed by atoms with Crippen LogP contribution < -0.4 is 10.6 Å². The minimum Gasteiger partial charge on any atom is -0.380 e. The lowest BCUT2D eigenvalue weighted by Gasteiger charge is -2.16. The Kier molecular flexibility index (Phi) is 5.35. The molecule has 4 nitrogen and oxygen atoms in total. The smallest absolute Gasteiger partial charge is 0.319 e. The van der Waals surface area contributed by atoms with Crippen LogP contribution >= 0.6 is 0 Å².